The van der Waals surface area contributed by atoms with Crippen LogP contribution in [0.15, 0.2) is 48.2 Å². The summed E-state index contributed by atoms with van der Waals surface area (Å²) in [7, 11) is 1.41. The highest BCUT2D eigenvalue weighted by Gasteiger charge is 2.44. The van der Waals surface area contributed by atoms with Gasteiger partial charge in [0.05, 0.1) is 42.6 Å². The fourth-order valence-electron chi connectivity index (χ4n) is 6.26. The van der Waals surface area contributed by atoms with E-state index in [-0.39, 0.29) is 47.3 Å². The maximum Gasteiger partial charge on any atom is 0.416 e. The molecule has 2 aromatic carbocycles. The number of alkyl halides is 6. The van der Waals surface area contributed by atoms with Crippen molar-refractivity contribution in [2.24, 2.45) is 5.41 Å². The van der Waals surface area contributed by atoms with Gasteiger partial charge in [-0.1, -0.05) is 19.9 Å². The van der Waals surface area contributed by atoms with E-state index in [1.807, 2.05) is 13.8 Å². The van der Waals surface area contributed by atoms with Crippen molar-refractivity contribution < 1.29 is 54.5 Å². The Hall–Kier alpha value is -4.69. The lowest BCUT2D eigenvalue weighted by atomic mass is 9.73. The maximum absolute atomic E-state index is 14.9. The Balaban J connectivity index is 1.53. The van der Waals surface area contributed by atoms with Gasteiger partial charge in [0.15, 0.2) is 11.6 Å². The summed E-state index contributed by atoms with van der Waals surface area (Å²) >= 11 is 0. The number of esters is 1. The van der Waals surface area contributed by atoms with Gasteiger partial charge in [-0.15, -0.1) is 0 Å². The van der Waals surface area contributed by atoms with Crippen molar-refractivity contribution in [2.75, 3.05) is 20.3 Å². The first-order valence-electron chi connectivity index (χ1n) is 15.7. The van der Waals surface area contributed by atoms with Crippen LogP contribution in [0.2, 0.25) is 0 Å². The average Bonchev–Trinajstić information content (AvgIpc) is 3.31. The second-order valence-corrected chi connectivity index (χ2v) is 13.0. The minimum absolute atomic E-state index is 0.0242. The molecule has 2 aliphatic rings. The summed E-state index contributed by atoms with van der Waals surface area (Å²) in [5, 5.41) is 0. The first-order valence-corrected chi connectivity index (χ1v) is 15.7. The number of halogens is 7. The Labute approximate surface area is 283 Å². The van der Waals surface area contributed by atoms with Gasteiger partial charge in [-0.25, -0.2) is 23.9 Å². The summed E-state index contributed by atoms with van der Waals surface area (Å²) in [6.07, 6.45) is -9.43. The lowest BCUT2D eigenvalue weighted by Gasteiger charge is -2.35. The summed E-state index contributed by atoms with van der Waals surface area (Å²) in [5.41, 5.74) is -1.92. The van der Waals surface area contributed by atoms with E-state index >= 15 is 0 Å². The van der Waals surface area contributed by atoms with E-state index in [9.17, 15) is 40.3 Å². The second kappa shape index (κ2) is 13.6. The lowest BCUT2D eigenvalue weighted by Crippen LogP contribution is -2.35. The molecule has 268 valence electrons. The third-order valence-corrected chi connectivity index (χ3v) is 8.85. The van der Waals surface area contributed by atoms with Crippen molar-refractivity contribution in [1.82, 2.24) is 14.9 Å². The molecule has 1 aliphatic heterocycles. The fourth-order valence-corrected chi connectivity index (χ4v) is 6.26. The van der Waals surface area contributed by atoms with Crippen LogP contribution in [0.1, 0.15) is 85.8 Å². The van der Waals surface area contributed by atoms with Gasteiger partial charge in [0.1, 0.15) is 17.6 Å². The highest BCUT2D eigenvalue weighted by molar-refractivity contribution is 5.90. The highest BCUT2D eigenvalue weighted by Crippen LogP contribution is 2.46. The van der Waals surface area contributed by atoms with Gasteiger partial charge in [-0.3, -0.25) is 4.90 Å². The van der Waals surface area contributed by atoms with E-state index in [1.165, 1.54) is 37.3 Å². The van der Waals surface area contributed by atoms with E-state index in [1.54, 1.807) is 6.92 Å². The fraction of sp³-hybridized carbons (Fsp3) is 0.429. The summed E-state index contributed by atoms with van der Waals surface area (Å²) in [4.78, 5) is 35.6. The molecule has 1 amide bonds. The number of benzene rings is 2. The minimum Gasteiger partial charge on any atom is -0.493 e. The van der Waals surface area contributed by atoms with E-state index in [4.69, 9.17) is 19.2 Å². The van der Waals surface area contributed by atoms with Crippen LogP contribution < -0.4 is 4.74 Å². The smallest absolute Gasteiger partial charge is 0.416 e. The van der Waals surface area contributed by atoms with Gasteiger partial charge in [0.2, 0.25) is 0 Å². The summed E-state index contributed by atoms with van der Waals surface area (Å²) in [6.45, 7) is 7.15. The topological polar surface area (TPSA) is 90.9 Å². The molecular formula is C35H34F7N3O5. The Morgan fingerprint density at radius 3 is 2.30 bits per heavy atom. The number of hydrogen-bond acceptors (Lipinski definition) is 7. The molecule has 0 N–H and O–H groups in total. The minimum atomic E-state index is -5.07. The molecule has 2 heterocycles. The van der Waals surface area contributed by atoms with Gasteiger partial charge >= 0.3 is 24.4 Å². The summed E-state index contributed by atoms with van der Waals surface area (Å²) in [6, 6.07) is 4.05. The average molecular weight is 710 g/mol. The van der Waals surface area contributed by atoms with Crippen LogP contribution in [0.25, 0.3) is 17.0 Å². The van der Waals surface area contributed by atoms with Crippen molar-refractivity contribution in [3.63, 3.8) is 0 Å². The van der Waals surface area contributed by atoms with Crippen molar-refractivity contribution in [1.29, 1.82) is 0 Å². The van der Waals surface area contributed by atoms with Crippen molar-refractivity contribution in [3.8, 4) is 17.1 Å². The summed E-state index contributed by atoms with van der Waals surface area (Å²) < 4.78 is 112. The molecule has 1 aromatic heterocycles. The Morgan fingerprint density at radius 2 is 1.72 bits per heavy atom. The van der Waals surface area contributed by atoms with Gasteiger partial charge in [-0.05, 0) is 85.6 Å². The number of methoxy groups -OCH3 is 1. The van der Waals surface area contributed by atoms with Crippen LogP contribution >= 0.6 is 0 Å². The van der Waals surface area contributed by atoms with Crippen LogP contribution in [-0.2, 0) is 21.8 Å². The predicted octanol–water partition coefficient (Wildman–Crippen LogP) is 9.05. The molecule has 15 heteroatoms. The van der Waals surface area contributed by atoms with Gasteiger partial charge in [-0.2, -0.15) is 26.3 Å². The molecule has 2 atom stereocenters. The molecule has 0 bridgehead atoms. The third kappa shape index (κ3) is 7.55. The number of cyclic esters (lactones) is 1. The Morgan fingerprint density at radius 1 is 1.06 bits per heavy atom. The molecule has 0 radical (unpaired) electrons. The van der Waals surface area contributed by atoms with Crippen molar-refractivity contribution in [3.05, 3.63) is 81.9 Å². The number of rotatable bonds is 8. The number of nitrogens with zero attached hydrogens (tertiary/aromatic N) is 3. The number of ether oxygens (including phenoxy) is 3. The monoisotopic (exact) mass is 709 g/mol. The molecule has 1 aliphatic carbocycles. The standard InChI is InChI=1S/C35H34F7N3O5/c1-6-49-31(46)25-8-7-19(13-26(25)36)30-43-16-27(48-5)28(44-30)24-9-10-33(3,4)15-21(24)17-45-18(2)29(50-32(45)47)20-11-22(34(37,38)39)14-23(12-20)35(40,41)42/h7-8,11-14,16,18,29H,6,9-10,15,17H2,1-5H3/t18-,29?/m0/s1. The zero-order chi connectivity index (χ0) is 36.8. The third-order valence-electron chi connectivity index (χ3n) is 8.85. The number of carbonyl (C=O) groups is 2. The molecule has 5 rings (SSSR count). The van der Waals surface area contributed by atoms with Crippen LogP contribution in [0.3, 0.4) is 0 Å². The zero-order valence-electron chi connectivity index (χ0n) is 27.8. The Bertz CT molecular complexity index is 1810. The summed E-state index contributed by atoms with van der Waals surface area (Å²) in [5.74, 6) is -1.26. The molecule has 50 heavy (non-hydrogen) atoms. The van der Waals surface area contributed by atoms with Crippen LogP contribution in [0.5, 0.6) is 5.75 Å². The number of allylic oxidation sites excluding steroid dienone is 1. The van der Waals surface area contributed by atoms with E-state index < -0.39 is 59.1 Å². The quantitative estimate of drug-likeness (QED) is 0.170. The number of carbonyl (C=O) groups excluding carboxylic acids is 2. The number of aromatic nitrogens is 2. The molecule has 8 nitrogen and oxygen atoms in total. The van der Waals surface area contributed by atoms with E-state index in [2.05, 4.69) is 4.98 Å². The first-order chi connectivity index (χ1) is 23.3. The first kappa shape index (κ1) is 36.6. The van der Waals surface area contributed by atoms with E-state index in [0.717, 1.165) is 11.6 Å². The molecule has 0 saturated carbocycles. The number of amides is 1. The van der Waals surface area contributed by atoms with Gasteiger partial charge < -0.3 is 14.2 Å². The largest absolute Gasteiger partial charge is 0.493 e. The molecular weight excluding hydrogens is 675 g/mol. The van der Waals surface area contributed by atoms with Crippen LogP contribution in [0, 0.1) is 11.2 Å². The molecule has 3 aromatic rings. The second-order valence-electron chi connectivity index (χ2n) is 13.0. The highest BCUT2D eigenvalue weighted by atomic mass is 19.4. The maximum atomic E-state index is 14.9. The van der Waals surface area contributed by atoms with E-state index in [0.29, 0.717) is 42.7 Å². The molecule has 0 spiro atoms. The van der Waals surface area contributed by atoms with Gasteiger partial charge in [0, 0.05) is 12.1 Å². The van der Waals surface area contributed by atoms with Crippen LogP contribution in [0.4, 0.5) is 35.5 Å². The molecule has 1 saturated heterocycles. The van der Waals surface area contributed by atoms with Crippen LogP contribution in [-0.4, -0.2) is 53.2 Å². The van der Waals surface area contributed by atoms with Crippen molar-refractivity contribution in [2.45, 2.75) is 71.5 Å². The van der Waals surface area contributed by atoms with Gasteiger partial charge in [0.25, 0.3) is 0 Å². The molecule has 1 unspecified atom stereocenters. The lowest BCUT2D eigenvalue weighted by molar-refractivity contribution is -0.143. The predicted molar refractivity (Wildman–Crippen MR) is 166 cm³/mol. The normalized spacial score (nSPS) is 19.4. The zero-order valence-corrected chi connectivity index (χ0v) is 27.8. The molecule has 1 fully saturated rings. The Kier molecular flexibility index (Phi) is 9.92. The SMILES string of the molecule is CCOC(=O)c1ccc(-c2ncc(OC)c(C3=C(CN4C(=O)OC(c5cc(C(F)(F)F)cc(C(F)(F)F)c5)[C@@H]4C)CC(C)(C)CC3)n2)cc1F. The number of hydrogen-bond donors (Lipinski definition) is 0. The van der Waals surface area contributed by atoms with Crippen molar-refractivity contribution >= 4 is 17.6 Å².